The fourth-order valence-corrected chi connectivity index (χ4v) is 6.45. The summed E-state index contributed by atoms with van der Waals surface area (Å²) in [7, 11) is 0. The Morgan fingerprint density at radius 3 is 1.47 bits per heavy atom. The Bertz CT molecular complexity index is 1350. The second-order valence-electron chi connectivity index (χ2n) is 13.1. The van der Waals surface area contributed by atoms with E-state index in [9.17, 15) is 5.53 Å². The molecular formula is C46H70N2Ni. The van der Waals surface area contributed by atoms with Crippen molar-refractivity contribution in [1.82, 2.24) is 0 Å². The summed E-state index contributed by atoms with van der Waals surface area (Å²) in [6, 6.07) is 13.7. The topological polar surface area (TPSA) is 25.3 Å². The molecule has 274 valence electrons. The van der Waals surface area contributed by atoms with Gasteiger partial charge in [-0.3, -0.25) is 0 Å². The molecule has 0 fully saturated rings. The zero-order valence-electron chi connectivity index (χ0n) is 32.8. The summed E-state index contributed by atoms with van der Waals surface area (Å²) in [4.78, 5) is 0. The van der Waals surface area contributed by atoms with Crippen LogP contribution < -0.4 is 0 Å². The minimum Gasteiger partial charge on any atom is -0.493 e. The van der Waals surface area contributed by atoms with Gasteiger partial charge in [0.25, 0.3) is 0 Å². The molecular weight excluding hydrogens is 639 g/mol. The predicted octanol–water partition coefficient (Wildman–Crippen LogP) is 14.6. The fourth-order valence-electron chi connectivity index (χ4n) is 6.45. The van der Waals surface area contributed by atoms with Gasteiger partial charge >= 0.3 is 16.5 Å². The smallest absolute Gasteiger partial charge is 0.493 e. The van der Waals surface area contributed by atoms with Gasteiger partial charge < -0.3 is 19.4 Å². The zero-order valence-corrected chi connectivity index (χ0v) is 33.8. The standard InChI is InChI=1S/C42H60N2.2C2H5.Ni/c1-7-11-15-16-17-18-19-20-21-22-26-40-39(25-14-10-4)41(37-29-33(5)27-35(31-37)23-12-8-2)44(43)42(40)38-30-34(6)28-36(32-38)24-13-9-3;2*1-2;/h27-32H,7-21,23-25H2,1-6H3;2*1H2,2H3;/q;2*-1;+2. The summed E-state index contributed by atoms with van der Waals surface area (Å²) in [5.41, 5.74) is 23.5. The number of rotatable bonds is 19. The maximum Gasteiger partial charge on any atom is 2.00 e. The van der Waals surface area contributed by atoms with Crippen LogP contribution in [0.5, 0.6) is 0 Å². The molecule has 2 aromatic carbocycles. The van der Waals surface area contributed by atoms with Gasteiger partial charge in [-0.1, -0.05) is 127 Å². The molecule has 0 unspecified atom stereocenters. The largest absolute Gasteiger partial charge is 2.00 e. The molecule has 0 saturated carbocycles. The first-order chi connectivity index (χ1) is 23.4. The van der Waals surface area contributed by atoms with E-state index in [0.717, 1.165) is 73.0 Å². The minimum atomic E-state index is 0. The Hall–Kier alpha value is -2.43. The van der Waals surface area contributed by atoms with E-state index in [1.807, 2.05) is 0 Å². The van der Waals surface area contributed by atoms with E-state index in [4.69, 9.17) is 0 Å². The summed E-state index contributed by atoms with van der Waals surface area (Å²) >= 11 is 0. The van der Waals surface area contributed by atoms with Crippen LogP contribution in [-0.4, -0.2) is 4.70 Å². The summed E-state index contributed by atoms with van der Waals surface area (Å²) in [6.45, 7) is 23.4. The third kappa shape index (κ3) is 16.0. The molecule has 2 nitrogen and oxygen atoms in total. The van der Waals surface area contributed by atoms with E-state index in [0.29, 0.717) is 0 Å². The molecule has 0 aliphatic carbocycles. The Morgan fingerprint density at radius 1 is 0.551 bits per heavy atom. The molecule has 0 saturated heterocycles. The van der Waals surface area contributed by atoms with Gasteiger partial charge in [-0.2, -0.15) is 13.8 Å². The molecule has 49 heavy (non-hydrogen) atoms. The van der Waals surface area contributed by atoms with E-state index in [2.05, 4.69) is 104 Å². The summed E-state index contributed by atoms with van der Waals surface area (Å²) in [5.74, 6) is 7.23. The Balaban J connectivity index is 0.00000444. The first-order valence-corrected chi connectivity index (χ1v) is 19.5. The Labute approximate surface area is 314 Å². The quantitative estimate of drug-likeness (QED) is 0.0456. The first kappa shape index (κ1) is 46.6. The Kier molecular flexibility index (Phi) is 26.9. The van der Waals surface area contributed by atoms with Gasteiger partial charge in [0.1, 0.15) is 5.57 Å². The molecule has 0 atom stereocenters. The minimum absolute atomic E-state index is 0. The average molecular weight is 710 g/mol. The monoisotopic (exact) mass is 708 g/mol. The first-order valence-electron chi connectivity index (χ1n) is 19.5. The van der Waals surface area contributed by atoms with Crippen molar-refractivity contribution in [2.75, 3.05) is 0 Å². The molecule has 3 heteroatoms. The fraction of sp³-hybridized carbons (Fsp3) is 0.565. The van der Waals surface area contributed by atoms with Crippen molar-refractivity contribution in [2.45, 2.75) is 171 Å². The number of allylic oxidation sites excluding steroid dienone is 2. The van der Waals surface area contributed by atoms with Crippen molar-refractivity contribution in [1.29, 1.82) is 0 Å². The molecule has 2 aromatic rings. The maximum absolute atomic E-state index is 12.1. The average Bonchev–Trinajstić information content (AvgIpc) is 3.37. The van der Waals surface area contributed by atoms with Gasteiger partial charge in [0.2, 0.25) is 11.4 Å². The summed E-state index contributed by atoms with van der Waals surface area (Å²) in [5, 5.41) is 0. The van der Waals surface area contributed by atoms with Gasteiger partial charge in [-0.05, 0) is 94.2 Å². The van der Waals surface area contributed by atoms with Crippen LogP contribution in [0.15, 0.2) is 47.5 Å². The molecule has 1 heterocycles. The summed E-state index contributed by atoms with van der Waals surface area (Å²) < 4.78 is 1.50. The third-order valence-electron chi connectivity index (χ3n) is 8.86. The van der Waals surface area contributed by atoms with Gasteiger partial charge in [0, 0.05) is 23.1 Å². The number of hydrogen-bond acceptors (Lipinski definition) is 0. The zero-order chi connectivity index (χ0) is 35.7. The molecule has 0 spiro atoms. The van der Waals surface area contributed by atoms with E-state index < -0.39 is 0 Å². The summed E-state index contributed by atoms with van der Waals surface area (Å²) in [6.07, 6.45) is 21.3. The number of unbranched alkanes of at least 4 members (excludes halogenated alkanes) is 11. The van der Waals surface area contributed by atoms with E-state index in [-0.39, 0.29) is 16.5 Å². The van der Waals surface area contributed by atoms with Crippen molar-refractivity contribution < 1.29 is 21.2 Å². The van der Waals surface area contributed by atoms with Crippen LogP contribution in [0.3, 0.4) is 0 Å². The number of benzene rings is 2. The van der Waals surface area contributed by atoms with Gasteiger partial charge in [-0.15, -0.1) is 0 Å². The second kappa shape index (κ2) is 28.3. The van der Waals surface area contributed by atoms with Crippen LogP contribution >= 0.6 is 0 Å². The Morgan fingerprint density at radius 2 is 0.980 bits per heavy atom. The molecule has 0 N–H and O–H groups in total. The van der Waals surface area contributed by atoms with Crippen molar-refractivity contribution in [3.8, 4) is 11.8 Å². The van der Waals surface area contributed by atoms with E-state index >= 15 is 0 Å². The van der Waals surface area contributed by atoms with Crippen LogP contribution in [0.2, 0.25) is 0 Å². The van der Waals surface area contributed by atoms with Crippen LogP contribution in [0.25, 0.3) is 16.9 Å². The van der Waals surface area contributed by atoms with Crippen LogP contribution in [0.4, 0.5) is 0 Å². The van der Waals surface area contributed by atoms with Crippen molar-refractivity contribution >= 4 is 11.4 Å². The van der Waals surface area contributed by atoms with E-state index in [1.165, 1.54) is 103 Å². The SMILES string of the molecule is CCCCCCCCCCC#CC1=C(c2cc(C)cc(CCCC)c2)[N+](=[N-])C(c2cc(C)cc(CCCC)c2)=C1CCCC.[CH2-]C.[CH2-]C.[Ni+2]. The molecule has 1 aliphatic rings. The maximum atomic E-state index is 12.1. The molecule has 0 aromatic heterocycles. The van der Waals surface area contributed by atoms with Crippen molar-refractivity contribution in [2.24, 2.45) is 0 Å². The van der Waals surface area contributed by atoms with Crippen LogP contribution in [0.1, 0.15) is 178 Å². The molecule has 0 bridgehead atoms. The van der Waals surface area contributed by atoms with Crippen molar-refractivity contribution in [3.63, 3.8) is 0 Å². The van der Waals surface area contributed by atoms with E-state index in [1.54, 1.807) is 13.8 Å². The van der Waals surface area contributed by atoms with Crippen LogP contribution in [0, 0.1) is 39.5 Å². The normalized spacial score (nSPS) is 12.1. The molecule has 1 aliphatic heterocycles. The number of nitrogens with zero attached hydrogens (tertiary/aromatic N) is 2. The number of hydrogen-bond donors (Lipinski definition) is 0. The van der Waals surface area contributed by atoms with Gasteiger partial charge in [-0.25, -0.2) is 4.70 Å². The molecule has 0 radical (unpaired) electrons. The van der Waals surface area contributed by atoms with Gasteiger partial charge in [0.15, 0.2) is 0 Å². The third-order valence-corrected chi connectivity index (χ3v) is 8.86. The predicted molar refractivity (Wildman–Crippen MR) is 214 cm³/mol. The molecule has 0 amide bonds. The van der Waals surface area contributed by atoms with Crippen molar-refractivity contribution in [3.05, 3.63) is 100 Å². The van der Waals surface area contributed by atoms with Crippen LogP contribution in [-0.2, 0) is 29.3 Å². The molecule has 3 rings (SSSR count). The number of aryl methyl sites for hydroxylation is 4. The van der Waals surface area contributed by atoms with Gasteiger partial charge in [0.05, 0.1) is 0 Å². The second-order valence-corrected chi connectivity index (χ2v) is 13.1.